The van der Waals surface area contributed by atoms with E-state index in [4.69, 9.17) is 4.74 Å². The Balaban J connectivity index is 2.31. The van der Waals surface area contributed by atoms with Crippen LogP contribution in [0.5, 0.6) is 0 Å². The third-order valence-electron chi connectivity index (χ3n) is 3.82. The number of aryl methyl sites for hydroxylation is 1. The normalized spacial score (nSPS) is 12.1. The van der Waals surface area contributed by atoms with Gasteiger partial charge in [0.25, 0.3) is 0 Å². The number of carbonyl (C=O) groups is 1. The monoisotopic (exact) mass is 307 g/mol. The van der Waals surface area contributed by atoms with E-state index in [1.807, 2.05) is 30.3 Å². The molecule has 1 heterocycles. The summed E-state index contributed by atoms with van der Waals surface area (Å²) < 4.78 is 9.51. The van der Waals surface area contributed by atoms with Gasteiger partial charge in [0.15, 0.2) is 0 Å². The molecule has 0 aromatic carbocycles. The molecule has 1 unspecified atom stereocenters. The van der Waals surface area contributed by atoms with Gasteiger partial charge in [0.1, 0.15) is 25.0 Å². The fourth-order valence-corrected chi connectivity index (χ4v) is 2.57. The van der Waals surface area contributed by atoms with Gasteiger partial charge in [-0.05, 0) is 12.8 Å². The molecule has 0 saturated heterocycles. The SMILES string of the molecule is C=CC(=O)OC(CCCCCCCCC)Cn1cc[n+](C)c1. The van der Waals surface area contributed by atoms with Crippen LogP contribution in [0.4, 0.5) is 0 Å². The van der Waals surface area contributed by atoms with Crippen molar-refractivity contribution in [3.63, 3.8) is 0 Å². The number of esters is 1. The summed E-state index contributed by atoms with van der Waals surface area (Å²) in [6.07, 6.45) is 16.9. The first kappa shape index (κ1) is 18.5. The summed E-state index contributed by atoms with van der Waals surface area (Å²) in [6, 6.07) is 0. The molecule has 0 N–H and O–H groups in total. The molecule has 4 nitrogen and oxygen atoms in total. The molecule has 4 heteroatoms. The molecule has 0 radical (unpaired) electrons. The molecule has 0 aliphatic heterocycles. The zero-order valence-corrected chi connectivity index (χ0v) is 14.2. The van der Waals surface area contributed by atoms with E-state index in [0.717, 1.165) is 12.8 Å². The predicted molar refractivity (Wildman–Crippen MR) is 88.3 cm³/mol. The maximum Gasteiger partial charge on any atom is 0.330 e. The molecule has 0 saturated carbocycles. The highest BCUT2D eigenvalue weighted by molar-refractivity contribution is 5.81. The Morgan fingerprint density at radius 3 is 2.55 bits per heavy atom. The van der Waals surface area contributed by atoms with Crippen molar-refractivity contribution in [2.45, 2.75) is 70.9 Å². The largest absolute Gasteiger partial charge is 0.455 e. The average molecular weight is 307 g/mol. The third-order valence-corrected chi connectivity index (χ3v) is 3.82. The van der Waals surface area contributed by atoms with E-state index in [9.17, 15) is 4.79 Å². The molecule has 22 heavy (non-hydrogen) atoms. The van der Waals surface area contributed by atoms with Crippen molar-refractivity contribution >= 4 is 5.97 Å². The van der Waals surface area contributed by atoms with Gasteiger partial charge in [0.05, 0.1) is 7.05 Å². The molecule has 0 fully saturated rings. The molecule has 0 bridgehead atoms. The van der Waals surface area contributed by atoms with E-state index in [1.54, 1.807) is 0 Å². The topological polar surface area (TPSA) is 35.1 Å². The van der Waals surface area contributed by atoms with E-state index in [-0.39, 0.29) is 12.1 Å². The summed E-state index contributed by atoms with van der Waals surface area (Å²) in [5.41, 5.74) is 0. The number of ether oxygens (including phenoxy) is 1. The standard InChI is InChI=1S/C18H31N2O2/c1-4-6-7-8-9-10-11-12-17(22-18(21)5-2)15-20-14-13-19(3)16-20/h5,13-14,16-17H,2,4,6-12,15H2,1,3H3/q+1. The highest BCUT2D eigenvalue weighted by atomic mass is 16.5. The second-order valence-corrected chi connectivity index (χ2v) is 5.95. The van der Waals surface area contributed by atoms with Crippen LogP contribution in [-0.4, -0.2) is 16.6 Å². The Labute approximate surface area is 134 Å². The minimum absolute atomic E-state index is 0.0754. The maximum atomic E-state index is 11.5. The molecule has 0 aliphatic rings. The van der Waals surface area contributed by atoms with Crippen molar-refractivity contribution < 1.29 is 14.1 Å². The lowest BCUT2D eigenvalue weighted by Crippen LogP contribution is -2.26. The summed E-state index contributed by atoms with van der Waals surface area (Å²) in [7, 11) is 1.98. The van der Waals surface area contributed by atoms with Crippen molar-refractivity contribution in [2.75, 3.05) is 0 Å². The van der Waals surface area contributed by atoms with Crippen molar-refractivity contribution in [3.8, 4) is 0 Å². The fourth-order valence-electron chi connectivity index (χ4n) is 2.57. The molecule has 0 amide bonds. The van der Waals surface area contributed by atoms with E-state index in [1.165, 1.54) is 44.6 Å². The van der Waals surface area contributed by atoms with Crippen LogP contribution < -0.4 is 4.57 Å². The molecular weight excluding hydrogens is 276 g/mol. The van der Waals surface area contributed by atoms with Gasteiger partial charge in [0, 0.05) is 6.08 Å². The second-order valence-electron chi connectivity index (χ2n) is 5.95. The van der Waals surface area contributed by atoms with Crippen molar-refractivity contribution in [3.05, 3.63) is 31.4 Å². The van der Waals surface area contributed by atoms with E-state index < -0.39 is 0 Å². The Morgan fingerprint density at radius 1 is 1.27 bits per heavy atom. The average Bonchev–Trinajstić information content (AvgIpc) is 2.91. The van der Waals surface area contributed by atoms with Gasteiger partial charge < -0.3 is 4.74 Å². The van der Waals surface area contributed by atoms with Gasteiger partial charge in [0.2, 0.25) is 6.33 Å². The highest BCUT2D eigenvalue weighted by Gasteiger charge is 2.16. The van der Waals surface area contributed by atoms with Gasteiger partial charge in [-0.1, -0.05) is 52.0 Å². The lowest BCUT2D eigenvalue weighted by atomic mass is 10.1. The number of carbonyl (C=O) groups excluding carboxylic acids is 1. The molecule has 1 aromatic heterocycles. The number of hydrogen-bond acceptors (Lipinski definition) is 2. The lowest BCUT2D eigenvalue weighted by molar-refractivity contribution is -0.671. The Morgan fingerprint density at radius 2 is 1.95 bits per heavy atom. The van der Waals surface area contributed by atoms with Crippen LogP contribution in [0.3, 0.4) is 0 Å². The first-order valence-corrected chi connectivity index (χ1v) is 8.49. The Bertz CT molecular complexity index is 440. The molecule has 1 rings (SSSR count). The van der Waals surface area contributed by atoms with Gasteiger partial charge in [-0.15, -0.1) is 0 Å². The minimum atomic E-state index is -0.329. The number of imidazole rings is 1. The van der Waals surface area contributed by atoms with Crippen LogP contribution in [0.1, 0.15) is 58.3 Å². The number of nitrogens with zero attached hydrogens (tertiary/aromatic N) is 2. The molecule has 1 aromatic rings. The lowest BCUT2D eigenvalue weighted by Gasteiger charge is -2.15. The van der Waals surface area contributed by atoms with Crippen LogP contribution in [0.2, 0.25) is 0 Å². The van der Waals surface area contributed by atoms with Crippen molar-refractivity contribution in [2.24, 2.45) is 7.05 Å². The Kier molecular flexibility index (Phi) is 9.28. The summed E-state index contributed by atoms with van der Waals surface area (Å²) in [4.78, 5) is 11.5. The molecule has 1 atom stereocenters. The number of hydrogen-bond donors (Lipinski definition) is 0. The summed E-state index contributed by atoms with van der Waals surface area (Å²) in [6.45, 7) is 6.42. The van der Waals surface area contributed by atoms with Crippen LogP contribution in [-0.2, 0) is 23.1 Å². The summed E-state index contributed by atoms with van der Waals surface area (Å²) in [5.74, 6) is -0.329. The maximum absolute atomic E-state index is 11.5. The molecule has 0 aliphatic carbocycles. The van der Waals surface area contributed by atoms with Gasteiger partial charge in [-0.2, -0.15) is 0 Å². The number of aromatic nitrogens is 2. The fraction of sp³-hybridized carbons (Fsp3) is 0.667. The van der Waals surface area contributed by atoms with E-state index in [0.29, 0.717) is 6.54 Å². The third kappa shape index (κ3) is 8.01. The quantitative estimate of drug-likeness (QED) is 0.256. The zero-order valence-electron chi connectivity index (χ0n) is 14.2. The number of rotatable bonds is 12. The van der Waals surface area contributed by atoms with E-state index >= 15 is 0 Å². The van der Waals surface area contributed by atoms with Gasteiger partial charge in [-0.25, -0.2) is 13.9 Å². The number of unbranched alkanes of at least 4 members (excludes halogenated alkanes) is 6. The van der Waals surface area contributed by atoms with Crippen LogP contribution in [0, 0.1) is 0 Å². The summed E-state index contributed by atoms with van der Waals surface area (Å²) in [5, 5.41) is 0. The van der Waals surface area contributed by atoms with Crippen molar-refractivity contribution in [1.29, 1.82) is 0 Å². The second kappa shape index (κ2) is 11.0. The molecule has 0 spiro atoms. The summed E-state index contributed by atoms with van der Waals surface area (Å²) >= 11 is 0. The molecular formula is C18H31N2O2+. The van der Waals surface area contributed by atoms with Crippen LogP contribution in [0.25, 0.3) is 0 Å². The Hall–Kier alpha value is -1.58. The minimum Gasteiger partial charge on any atom is -0.455 e. The van der Waals surface area contributed by atoms with Crippen molar-refractivity contribution in [1.82, 2.24) is 4.57 Å². The zero-order chi connectivity index (χ0) is 16.2. The van der Waals surface area contributed by atoms with Gasteiger partial charge >= 0.3 is 5.97 Å². The molecule has 124 valence electrons. The smallest absolute Gasteiger partial charge is 0.330 e. The first-order valence-electron chi connectivity index (χ1n) is 8.49. The van der Waals surface area contributed by atoms with Crippen LogP contribution >= 0.6 is 0 Å². The van der Waals surface area contributed by atoms with Gasteiger partial charge in [-0.3, -0.25) is 0 Å². The van der Waals surface area contributed by atoms with E-state index in [2.05, 4.69) is 18.1 Å². The highest BCUT2D eigenvalue weighted by Crippen LogP contribution is 2.13. The predicted octanol–water partition coefficient (Wildman–Crippen LogP) is 3.55. The first-order chi connectivity index (χ1) is 10.7. The van der Waals surface area contributed by atoms with Crippen LogP contribution in [0.15, 0.2) is 31.4 Å².